The summed E-state index contributed by atoms with van der Waals surface area (Å²) in [6, 6.07) is 21.6. The molecular formula is C29H35N3O. The zero-order chi connectivity index (χ0) is 22.8. The Labute approximate surface area is 197 Å². The van der Waals surface area contributed by atoms with Crippen LogP contribution in [0.3, 0.4) is 0 Å². The first kappa shape index (κ1) is 22.0. The van der Waals surface area contributed by atoms with Crippen LogP contribution in [0.15, 0.2) is 60.7 Å². The van der Waals surface area contributed by atoms with E-state index < -0.39 is 0 Å². The molecule has 172 valence electrons. The first-order valence-electron chi connectivity index (χ1n) is 12.5. The van der Waals surface area contributed by atoms with Gasteiger partial charge in [0, 0.05) is 30.4 Å². The molecule has 5 rings (SSSR count). The molecule has 3 aromatic carbocycles. The number of nitrogens with one attached hydrogen (secondary N) is 1. The van der Waals surface area contributed by atoms with Crippen LogP contribution in [0, 0.1) is 6.92 Å². The minimum absolute atomic E-state index is 0.00145. The van der Waals surface area contributed by atoms with Gasteiger partial charge >= 0.3 is 0 Å². The number of fused-ring (bicyclic) bond motifs is 1. The van der Waals surface area contributed by atoms with Crippen LogP contribution in [0.2, 0.25) is 0 Å². The molecule has 2 aliphatic heterocycles. The molecule has 3 aromatic rings. The Bertz CT molecular complexity index is 1130. The molecule has 2 fully saturated rings. The fraction of sp³-hybridized carbons (Fsp3) is 0.414. The van der Waals surface area contributed by atoms with Gasteiger partial charge in [0.25, 0.3) is 5.91 Å². The second-order valence-electron chi connectivity index (χ2n) is 9.75. The maximum absolute atomic E-state index is 13.3. The second-order valence-corrected chi connectivity index (χ2v) is 9.75. The number of anilines is 1. The molecule has 4 heteroatoms. The average molecular weight is 442 g/mol. The molecule has 0 aliphatic carbocycles. The molecule has 0 radical (unpaired) electrons. The van der Waals surface area contributed by atoms with Crippen molar-refractivity contribution in [3.8, 4) is 0 Å². The van der Waals surface area contributed by atoms with Gasteiger partial charge in [-0.1, -0.05) is 55.0 Å². The van der Waals surface area contributed by atoms with Gasteiger partial charge in [0.05, 0.1) is 6.04 Å². The lowest BCUT2D eigenvalue weighted by atomic mass is 9.99. The number of hydrogen-bond acceptors (Lipinski definition) is 3. The van der Waals surface area contributed by atoms with Gasteiger partial charge in [0.15, 0.2) is 0 Å². The maximum Gasteiger partial charge on any atom is 0.252 e. The number of aryl methyl sites for hydroxylation is 1. The van der Waals surface area contributed by atoms with E-state index in [4.69, 9.17) is 0 Å². The molecule has 0 aromatic heterocycles. The predicted molar refractivity (Wildman–Crippen MR) is 137 cm³/mol. The Kier molecular flexibility index (Phi) is 6.37. The number of rotatable bonds is 5. The first-order valence-corrected chi connectivity index (χ1v) is 12.5. The lowest BCUT2D eigenvalue weighted by molar-refractivity contribution is 0.0939. The summed E-state index contributed by atoms with van der Waals surface area (Å²) < 4.78 is 0. The normalized spacial score (nSPS) is 20.2. The highest BCUT2D eigenvalue weighted by Gasteiger charge is 2.29. The summed E-state index contributed by atoms with van der Waals surface area (Å²) in [5.41, 5.74) is 4.12. The maximum atomic E-state index is 13.3. The topological polar surface area (TPSA) is 35.6 Å². The van der Waals surface area contributed by atoms with Gasteiger partial charge < -0.3 is 10.2 Å². The number of benzene rings is 3. The van der Waals surface area contributed by atoms with Crippen molar-refractivity contribution in [2.75, 3.05) is 31.1 Å². The number of likely N-dealkylation sites (tertiary alicyclic amines) is 1. The Morgan fingerprint density at radius 2 is 1.76 bits per heavy atom. The second kappa shape index (κ2) is 9.56. The van der Waals surface area contributed by atoms with E-state index in [2.05, 4.69) is 82.7 Å². The largest absolute Gasteiger partial charge is 0.370 e. The molecular weight excluding hydrogens is 406 g/mol. The summed E-state index contributed by atoms with van der Waals surface area (Å²) >= 11 is 0. The highest BCUT2D eigenvalue weighted by molar-refractivity contribution is 5.97. The zero-order valence-electron chi connectivity index (χ0n) is 19.9. The van der Waals surface area contributed by atoms with Gasteiger partial charge in [-0.25, -0.2) is 0 Å². The summed E-state index contributed by atoms with van der Waals surface area (Å²) in [6.07, 6.45) is 5.26. The third-order valence-electron chi connectivity index (χ3n) is 7.54. The van der Waals surface area contributed by atoms with Gasteiger partial charge in [-0.15, -0.1) is 0 Å². The summed E-state index contributed by atoms with van der Waals surface area (Å²) in [5, 5.41) is 5.65. The average Bonchev–Trinajstić information content (AvgIpc) is 3.35. The van der Waals surface area contributed by atoms with Crippen LogP contribution in [0.5, 0.6) is 0 Å². The molecule has 2 atom stereocenters. The fourth-order valence-electron chi connectivity index (χ4n) is 5.59. The molecule has 0 unspecified atom stereocenters. The monoisotopic (exact) mass is 441 g/mol. The van der Waals surface area contributed by atoms with Crippen LogP contribution in [0.25, 0.3) is 10.8 Å². The minimum atomic E-state index is -0.0677. The molecule has 0 spiro atoms. The van der Waals surface area contributed by atoms with Crippen molar-refractivity contribution < 1.29 is 4.79 Å². The Morgan fingerprint density at radius 3 is 2.61 bits per heavy atom. The molecule has 2 aliphatic rings. The van der Waals surface area contributed by atoms with Crippen LogP contribution in [0.1, 0.15) is 60.1 Å². The predicted octanol–water partition coefficient (Wildman–Crippen LogP) is 5.70. The molecule has 2 saturated heterocycles. The molecule has 2 heterocycles. The van der Waals surface area contributed by atoms with E-state index in [9.17, 15) is 4.79 Å². The van der Waals surface area contributed by atoms with E-state index in [1.54, 1.807) is 0 Å². The molecule has 33 heavy (non-hydrogen) atoms. The van der Waals surface area contributed by atoms with E-state index in [1.165, 1.54) is 55.2 Å². The molecule has 1 amide bonds. The van der Waals surface area contributed by atoms with Crippen molar-refractivity contribution in [2.24, 2.45) is 0 Å². The van der Waals surface area contributed by atoms with Crippen molar-refractivity contribution in [1.82, 2.24) is 10.2 Å². The van der Waals surface area contributed by atoms with Gasteiger partial charge in [0.2, 0.25) is 0 Å². The highest BCUT2D eigenvalue weighted by Crippen LogP contribution is 2.28. The third kappa shape index (κ3) is 4.63. The lowest BCUT2D eigenvalue weighted by Crippen LogP contribution is -2.40. The molecule has 1 N–H and O–H groups in total. The number of piperidine rings is 1. The van der Waals surface area contributed by atoms with Crippen LogP contribution in [-0.2, 0) is 0 Å². The van der Waals surface area contributed by atoms with Crippen molar-refractivity contribution in [2.45, 2.75) is 51.6 Å². The Hall–Kier alpha value is -2.85. The number of carbonyl (C=O) groups excluding carboxylic acids is 1. The Balaban J connectivity index is 1.31. The standard InChI is InChI=1S/C29H35N3O/c1-21-13-14-24(32-18-15-25(20-32)31-16-6-3-7-17-31)19-28(21)29(33)30-22(2)26-12-8-10-23-9-4-5-11-27(23)26/h4-5,8-14,19,22,25H,3,6-7,15-18,20H2,1-2H3,(H,30,33)/t22-,25-/m1/s1. The Morgan fingerprint density at radius 1 is 0.970 bits per heavy atom. The first-order chi connectivity index (χ1) is 16.1. The molecule has 0 saturated carbocycles. The van der Waals surface area contributed by atoms with E-state index >= 15 is 0 Å². The van der Waals surface area contributed by atoms with E-state index in [0.717, 1.165) is 29.8 Å². The van der Waals surface area contributed by atoms with Crippen LogP contribution in [0.4, 0.5) is 5.69 Å². The van der Waals surface area contributed by atoms with Gasteiger partial charge in [-0.2, -0.15) is 0 Å². The van der Waals surface area contributed by atoms with Crippen LogP contribution >= 0.6 is 0 Å². The summed E-state index contributed by atoms with van der Waals surface area (Å²) in [6.45, 7) is 8.72. The van der Waals surface area contributed by atoms with Crippen molar-refractivity contribution in [1.29, 1.82) is 0 Å². The van der Waals surface area contributed by atoms with Crippen molar-refractivity contribution >= 4 is 22.4 Å². The number of nitrogens with zero attached hydrogens (tertiary/aromatic N) is 2. The number of amides is 1. The van der Waals surface area contributed by atoms with E-state index in [0.29, 0.717) is 6.04 Å². The van der Waals surface area contributed by atoms with Gasteiger partial charge in [-0.3, -0.25) is 9.69 Å². The summed E-state index contributed by atoms with van der Waals surface area (Å²) in [5.74, 6) is 0.00145. The fourth-order valence-corrected chi connectivity index (χ4v) is 5.59. The quantitative estimate of drug-likeness (QED) is 0.551. The van der Waals surface area contributed by atoms with Crippen molar-refractivity contribution in [3.63, 3.8) is 0 Å². The third-order valence-corrected chi connectivity index (χ3v) is 7.54. The lowest BCUT2D eigenvalue weighted by Gasteiger charge is -2.32. The highest BCUT2D eigenvalue weighted by atomic mass is 16.1. The SMILES string of the molecule is Cc1ccc(N2CC[C@@H](N3CCCCC3)C2)cc1C(=O)N[C@H](C)c1cccc2ccccc12. The number of carbonyl (C=O) groups is 1. The van der Waals surface area contributed by atoms with Gasteiger partial charge in [0.1, 0.15) is 0 Å². The van der Waals surface area contributed by atoms with E-state index in [1.807, 2.05) is 6.92 Å². The zero-order valence-corrected chi connectivity index (χ0v) is 19.9. The summed E-state index contributed by atoms with van der Waals surface area (Å²) in [4.78, 5) is 18.5. The smallest absolute Gasteiger partial charge is 0.252 e. The molecule has 0 bridgehead atoms. The van der Waals surface area contributed by atoms with Crippen molar-refractivity contribution in [3.05, 3.63) is 77.4 Å². The molecule has 4 nitrogen and oxygen atoms in total. The van der Waals surface area contributed by atoms with Crippen LogP contribution in [-0.4, -0.2) is 43.0 Å². The summed E-state index contributed by atoms with van der Waals surface area (Å²) in [7, 11) is 0. The van der Waals surface area contributed by atoms with Crippen LogP contribution < -0.4 is 10.2 Å². The minimum Gasteiger partial charge on any atom is -0.370 e. The van der Waals surface area contributed by atoms with Gasteiger partial charge in [-0.05, 0) is 80.2 Å². The van der Waals surface area contributed by atoms with E-state index in [-0.39, 0.29) is 11.9 Å². The number of hydrogen-bond donors (Lipinski definition) is 1.